The summed E-state index contributed by atoms with van der Waals surface area (Å²) in [6.45, 7) is 2.81. The first-order valence-corrected chi connectivity index (χ1v) is 7.73. The molecule has 2 N–H and O–H groups in total. The van der Waals surface area contributed by atoms with Gasteiger partial charge in [-0.3, -0.25) is 4.79 Å². The van der Waals surface area contributed by atoms with Gasteiger partial charge in [-0.25, -0.2) is 0 Å². The van der Waals surface area contributed by atoms with Crippen molar-refractivity contribution in [3.05, 3.63) is 35.6 Å². The zero-order chi connectivity index (χ0) is 15.1. The predicted molar refractivity (Wildman–Crippen MR) is 84.5 cm³/mol. The van der Waals surface area contributed by atoms with Crippen molar-refractivity contribution in [2.45, 2.75) is 31.8 Å². The summed E-state index contributed by atoms with van der Waals surface area (Å²) in [4.78, 5) is 12.5. The fourth-order valence-corrected chi connectivity index (χ4v) is 3.67. The third-order valence-electron chi connectivity index (χ3n) is 4.78. The predicted octanol–water partition coefficient (Wildman–Crippen LogP) is 2.28. The zero-order valence-electron chi connectivity index (χ0n) is 12.5. The Kier molecular flexibility index (Phi) is 3.16. The number of hydrogen-bond acceptors (Lipinski definition) is 3. The molecule has 2 aliphatic rings. The van der Waals surface area contributed by atoms with Gasteiger partial charge in [-0.05, 0) is 43.9 Å². The molecule has 4 rings (SSSR count). The van der Waals surface area contributed by atoms with Crippen LogP contribution in [0, 0.1) is 17.8 Å². The second-order valence-corrected chi connectivity index (χ2v) is 6.15. The molecule has 0 radical (unpaired) electrons. The molecule has 1 aromatic carbocycles. The number of benzene rings is 1. The highest BCUT2D eigenvalue weighted by Gasteiger charge is 2.40. The molecule has 1 aliphatic heterocycles. The molecule has 1 aliphatic carbocycles. The minimum atomic E-state index is -0.00365. The minimum Gasteiger partial charge on any atom is -0.463 e. The molecular weight excluding hydrogens is 276 g/mol. The number of carbonyl (C=O) groups excluding carboxylic acids is 1. The topological polar surface area (TPSA) is 54.3 Å². The molecule has 0 spiro atoms. The maximum Gasteiger partial charge on any atom is 0.251 e. The van der Waals surface area contributed by atoms with Gasteiger partial charge in [0.05, 0.1) is 5.56 Å². The van der Waals surface area contributed by atoms with E-state index < -0.39 is 0 Å². The lowest BCUT2D eigenvalue weighted by Crippen LogP contribution is -2.44. The summed E-state index contributed by atoms with van der Waals surface area (Å²) in [5.41, 5.74) is 2.26. The van der Waals surface area contributed by atoms with E-state index in [2.05, 4.69) is 22.5 Å². The van der Waals surface area contributed by atoms with Crippen LogP contribution < -0.4 is 10.6 Å². The smallest absolute Gasteiger partial charge is 0.251 e. The van der Waals surface area contributed by atoms with E-state index in [1.54, 1.807) is 13.2 Å². The summed E-state index contributed by atoms with van der Waals surface area (Å²) in [5.74, 6) is 6.45. The highest BCUT2D eigenvalue weighted by Crippen LogP contribution is 2.31. The standard InChI is InChI=1S/C18H18N2O2/c1-2-3-12-10-22-17-5-4-11(7-15(12)17)18(21)20-16-8-14-6-13(16)9-19-14/h4-5,7,10,13-14,16,19H,6,8-9H2,1H3,(H,20,21). The molecule has 2 aromatic rings. The number of carbonyl (C=O) groups is 1. The normalized spacial score (nSPS) is 26.0. The van der Waals surface area contributed by atoms with E-state index in [1.807, 2.05) is 18.2 Å². The van der Waals surface area contributed by atoms with Crippen LogP contribution in [0.2, 0.25) is 0 Å². The fraction of sp³-hybridized carbons (Fsp3) is 0.389. The number of nitrogens with one attached hydrogen (secondary N) is 2. The third kappa shape index (κ3) is 2.18. The van der Waals surface area contributed by atoms with Gasteiger partial charge in [-0.2, -0.15) is 0 Å². The number of amides is 1. The molecule has 1 aromatic heterocycles. The van der Waals surface area contributed by atoms with E-state index in [9.17, 15) is 4.79 Å². The van der Waals surface area contributed by atoms with Crippen molar-refractivity contribution in [3.8, 4) is 11.8 Å². The minimum absolute atomic E-state index is 0.00365. The van der Waals surface area contributed by atoms with E-state index in [1.165, 1.54) is 6.42 Å². The molecular formula is C18H18N2O2. The number of hydrogen-bond donors (Lipinski definition) is 2. The number of fused-ring (bicyclic) bond motifs is 3. The maximum absolute atomic E-state index is 12.5. The maximum atomic E-state index is 12.5. The number of furan rings is 1. The van der Waals surface area contributed by atoms with E-state index >= 15 is 0 Å². The molecule has 4 nitrogen and oxygen atoms in total. The van der Waals surface area contributed by atoms with Crippen molar-refractivity contribution in [3.63, 3.8) is 0 Å². The van der Waals surface area contributed by atoms with Gasteiger partial charge < -0.3 is 15.1 Å². The second-order valence-electron chi connectivity index (χ2n) is 6.15. The van der Waals surface area contributed by atoms with Crippen molar-refractivity contribution < 1.29 is 9.21 Å². The van der Waals surface area contributed by atoms with E-state index in [0.29, 0.717) is 23.6 Å². The van der Waals surface area contributed by atoms with Gasteiger partial charge in [-0.15, -0.1) is 5.92 Å². The van der Waals surface area contributed by atoms with Gasteiger partial charge in [-0.1, -0.05) is 5.92 Å². The SMILES string of the molecule is CC#Cc1coc2ccc(C(=O)NC3CC4CC3CN4)cc12. The Morgan fingerprint density at radius 2 is 2.32 bits per heavy atom. The van der Waals surface area contributed by atoms with Crippen LogP contribution in [0.1, 0.15) is 35.7 Å². The van der Waals surface area contributed by atoms with Crippen LogP contribution in [0.15, 0.2) is 28.9 Å². The average molecular weight is 294 g/mol. The van der Waals surface area contributed by atoms with Crippen molar-refractivity contribution in [2.24, 2.45) is 5.92 Å². The number of piperidine rings is 1. The summed E-state index contributed by atoms with van der Waals surface area (Å²) >= 11 is 0. The van der Waals surface area contributed by atoms with Crippen LogP contribution in [0.5, 0.6) is 0 Å². The van der Waals surface area contributed by atoms with Crippen molar-refractivity contribution in [2.75, 3.05) is 6.54 Å². The first-order valence-electron chi connectivity index (χ1n) is 7.73. The Hall–Kier alpha value is -2.25. The van der Waals surface area contributed by atoms with Crippen LogP contribution in [-0.4, -0.2) is 24.5 Å². The van der Waals surface area contributed by atoms with Gasteiger partial charge in [0.1, 0.15) is 11.8 Å². The first kappa shape index (κ1) is 13.4. The highest BCUT2D eigenvalue weighted by atomic mass is 16.3. The van der Waals surface area contributed by atoms with Crippen molar-refractivity contribution in [1.29, 1.82) is 0 Å². The monoisotopic (exact) mass is 294 g/mol. The molecule has 22 heavy (non-hydrogen) atoms. The summed E-state index contributed by atoms with van der Waals surface area (Å²) in [6.07, 6.45) is 3.86. The largest absolute Gasteiger partial charge is 0.463 e. The Balaban J connectivity index is 1.58. The molecule has 1 amide bonds. The Morgan fingerprint density at radius 3 is 3.05 bits per heavy atom. The molecule has 4 heteroatoms. The molecule has 3 atom stereocenters. The summed E-state index contributed by atoms with van der Waals surface area (Å²) < 4.78 is 5.47. The molecule has 1 saturated carbocycles. The van der Waals surface area contributed by atoms with Gasteiger partial charge in [0.15, 0.2) is 0 Å². The molecule has 2 heterocycles. The van der Waals surface area contributed by atoms with Crippen molar-refractivity contribution >= 4 is 16.9 Å². The average Bonchev–Trinajstić information content (AvgIpc) is 3.23. The molecule has 112 valence electrons. The summed E-state index contributed by atoms with van der Waals surface area (Å²) in [7, 11) is 0. The molecule has 3 unspecified atom stereocenters. The first-order chi connectivity index (χ1) is 10.7. The molecule has 2 fully saturated rings. The van der Waals surface area contributed by atoms with Gasteiger partial charge in [0, 0.05) is 29.6 Å². The van der Waals surface area contributed by atoms with Crippen LogP contribution >= 0.6 is 0 Å². The molecule has 1 saturated heterocycles. The Morgan fingerprint density at radius 1 is 1.41 bits per heavy atom. The Bertz CT molecular complexity index is 796. The van der Waals surface area contributed by atoms with Crippen LogP contribution in [-0.2, 0) is 0 Å². The summed E-state index contributed by atoms with van der Waals surface area (Å²) in [6, 6.07) is 6.41. The van der Waals surface area contributed by atoms with Gasteiger partial charge in [0.2, 0.25) is 0 Å². The molecule has 2 bridgehead atoms. The van der Waals surface area contributed by atoms with E-state index in [4.69, 9.17) is 4.42 Å². The highest BCUT2D eigenvalue weighted by molar-refractivity contribution is 5.99. The van der Waals surface area contributed by atoms with Crippen LogP contribution in [0.3, 0.4) is 0 Å². The second kappa shape index (κ2) is 5.19. The van der Waals surface area contributed by atoms with Crippen molar-refractivity contribution in [1.82, 2.24) is 10.6 Å². The quantitative estimate of drug-likeness (QED) is 0.836. The lowest BCUT2D eigenvalue weighted by Gasteiger charge is -2.23. The lowest BCUT2D eigenvalue weighted by atomic mass is 10.0. The van der Waals surface area contributed by atoms with Gasteiger partial charge in [0.25, 0.3) is 5.91 Å². The van der Waals surface area contributed by atoms with Crippen LogP contribution in [0.4, 0.5) is 0 Å². The van der Waals surface area contributed by atoms with E-state index in [0.717, 1.165) is 29.5 Å². The third-order valence-corrected chi connectivity index (χ3v) is 4.78. The van der Waals surface area contributed by atoms with E-state index in [-0.39, 0.29) is 5.91 Å². The van der Waals surface area contributed by atoms with Gasteiger partial charge >= 0.3 is 0 Å². The summed E-state index contributed by atoms with van der Waals surface area (Å²) in [5, 5.41) is 7.55. The fourth-order valence-electron chi connectivity index (χ4n) is 3.67. The lowest BCUT2D eigenvalue weighted by molar-refractivity contribution is 0.0925. The number of rotatable bonds is 2. The van der Waals surface area contributed by atoms with Crippen LogP contribution in [0.25, 0.3) is 11.0 Å². The zero-order valence-corrected chi connectivity index (χ0v) is 12.5. The Labute approximate surface area is 129 Å².